The molecule has 24 heavy (non-hydrogen) atoms. The Morgan fingerprint density at radius 2 is 1.62 bits per heavy atom. The molecule has 0 saturated carbocycles. The van der Waals surface area contributed by atoms with Crippen LogP contribution in [0.4, 0.5) is 4.79 Å². The predicted octanol–water partition coefficient (Wildman–Crippen LogP) is 2.61. The van der Waals surface area contributed by atoms with Crippen molar-refractivity contribution in [2.24, 2.45) is 11.7 Å². The van der Waals surface area contributed by atoms with Crippen LogP contribution in [0, 0.1) is 5.92 Å². The second-order valence-electron chi connectivity index (χ2n) is 8.31. The largest absolute Gasteiger partial charge is 0.444 e. The monoisotopic (exact) mass is 341 g/mol. The van der Waals surface area contributed by atoms with Crippen molar-refractivity contribution in [3.8, 4) is 0 Å². The first kappa shape index (κ1) is 20.7. The molecule has 0 aromatic rings. The van der Waals surface area contributed by atoms with Crippen LogP contribution in [0.1, 0.15) is 61.3 Å². The van der Waals surface area contributed by atoms with Crippen LogP contribution in [0.3, 0.4) is 0 Å². The first-order valence-corrected chi connectivity index (χ1v) is 8.99. The van der Waals surface area contributed by atoms with Gasteiger partial charge in [-0.3, -0.25) is 4.79 Å². The van der Waals surface area contributed by atoms with E-state index in [2.05, 4.69) is 0 Å². The molecule has 1 unspecified atom stereocenters. The van der Waals surface area contributed by atoms with Gasteiger partial charge in [0.2, 0.25) is 5.91 Å². The molecule has 0 spiro atoms. The maximum atomic E-state index is 12.7. The number of carbonyl (C=O) groups excluding carboxylic acids is 2. The lowest BCUT2D eigenvalue weighted by Gasteiger charge is -2.42. The van der Waals surface area contributed by atoms with E-state index in [0.717, 1.165) is 12.8 Å². The van der Waals surface area contributed by atoms with Gasteiger partial charge in [0.1, 0.15) is 5.60 Å². The number of rotatable bonds is 4. The average Bonchev–Trinajstić information content (AvgIpc) is 2.44. The lowest BCUT2D eigenvalue weighted by atomic mass is 9.97. The minimum absolute atomic E-state index is 0.00992. The quantitative estimate of drug-likeness (QED) is 0.853. The highest BCUT2D eigenvalue weighted by Crippen LogP contribution is 2.22. The summed E-state index contributed by atoms with van der Waals surface area (Å²) in [4.78, 5) is 28.5. The summed E-state index contributed by atoms with van der Waals surface area (Å²) in [6.07, 6.45) is 1.24. The topological polar surface area (TPSA) is 75.9 Å². The van der Waals surface area contributed by atoms with E-state index in [4.69, 9.17) is 10.5 Å². The maximum absolute atomic E-state index is 12.7. The van der Waals surface area contributed by atoms with Crippen LogP contribution in [0.2, 0.25) is 0 Å². The standard InChI is InChI=1S/C18H35N3O3/c1-12(2)15(19)16(22)21(13(3)4)14-8-10-20(11-9-14)17(23)24-18(5,6)7/h12-15H,8-11,19H2,1-7H3. The van der Waals surface area contributed by atoms with Crippen LogP contribution in [0.15, 0.2) is 0 Å². The van der Waals surface area contributed by atoms with E-state index in [1.807, 2.05) is 53.4 Å². The molecule has 0 radical (unpaired) electrons. The number of nitrogens with zero attached hydrogens (tertiary/aromatic N) is 2. The molecule has 1 aliphatic rings. The van der Waals surface area contributed by atoms with Crippen molar-refractivity contribution in [1.29, 1.82) is 0 Å². The number of amides is 2. The third-order valence-electron chi connectivity index (χ3n) is 4.32. The van der Waals surface area contributed by atoms with Gasteiger partial charge in [0.15, 0.2) is 0 Å². The smallest absolute Gasteiger partial charge is 0.410 e. The summed E-state index contributed by atoms with van der Waals surface area (Å²) in [5.74, 6) is 0.122. The highest BCUT2D eigenvalue weighted by Gasteiger charge is 2.35. The van der Waals surface area contributed by atoms with Gasteiger partial charge in [-0.15, -0.1) is 0 Å². The lowest BCUT2D eigenvalue weighted by molar-refractivity contribution is -0.139. The van der Waals surface area contributed by atoms with E-state index in [1.165, 1.54) is 0 Å². The molecule has 1 heterocycles. The van der Waals surface area contributed by atoms with Gasteiger partial charge in [0.25, 0.3) is 0 Å². The van der Waals surface area contributed by atoms with Crippen LogP contribution < -0.4 is 5.73 Å². The highest BCUT2D eigenvalue weighted by atomic mass is 16.6. The number of likely N-dealkylation sites (tertiary alicyclic amines) is 1. The molecule has 0 aromatic heterocycles. The van der Waals surface area contributed by atoms with Gasteiger partial charge in [-0.1, -0.05) is 13.8 Å². The van der Waals surface area contributed by atoms with E-state index >= 15 is 0 Å². The Kier molecular flexibility index (Phi) is 7.08. The minimum Gasteiger partial charge on any atom is -0.444 e. The molecular formula is C18H35N3O3. The fourth-order valence-electron chi connectivity index (χ4n) is 2.97. The zero-order chi connectivity index (χ0) is 18.7. The third-order valence-corrected chi connectivity index (χ3v) is 4.32. The zero-order valence-corrected chi connectivity index (χ0v) is 16.3. The Labute approximate surface area is 146 Å². The predicted molar refractivity (Wildman–Crippen MR) is 95.6 cm³/mol. The van der Waals surface area contributed by atoms with Crippen molar-refractivity contribution < 1.29 is 14.3 Å². The molecule has 2 N–H and O–H groups in total. The van der Waals surface area contributed by atoms with Crippen LogP contribution in [-0.2, 0) is 9.53 Å². The molecule has 140 valence electrons. The summed E-state index contributed by atoms with van der Waals surface area (Å²) < 4.78 is 5.42. The van der Waals surface area contributed by atoms with Crippen LogP contribution >= 0.6 is 0 Å². The minimum atomic E-state index is -0.488. The molecule has 1 rings (SSSR count). The number of nitrogens with two attached hydrogens (primary N) is 1. The van der Waals surface area contributed by atoms with Crippen LogP contribution in [-0.4, -0.2) is 58.6 Å². The first-order valence-electron chi connectivity index (χ1n) is 8.99. The van der Waals surface area contributed by atoms with Crippen molar-refractivity contribution in [1.82, 2.24) is 9.80 Å². The second-order valence-corrected chi connectivity index (χ2v) is 8.31. The van der Waals surface area contributed by atoms with Gasteiger partial charge in [0, 0.05) is 25.2 Å². The fraction of sp³-hybridized carbons (Fsp3) is 0.889. The van der Waals surface area contributed by atoms with Gasteiger partial charge in [-0.2, -0.15) is 0 Å². The van der Waals surface area contributed by atoms with Crippen molar-refractivity contribution in [2.45, 2.75) is 85.0 Å². The summed E-state index contributed by atoms with van der Waals surface area (Å²) in [5, 5.41) is 0. The molecular weight excluding hydrogens is 306 g/mol. The summed E-state index contributed by atoms with van der Waals surface area (Å²) in [7, 11) is 0. The van der Waals surface area contributed by atoms with Gasteiger partial charge in [0.05, 0.1) is 6.04 Å². The SMILES string of the molecule is CC(C)C(N)C(=O)N(C(C)C)C1CCN(C(=O)OC(C)(C)C)CC1. The molecule has 1 aliphatic heterocycles. The average molecular weight is 341 g/mol. The van der Waals surface area contributed by atoms with Gasteiger partial charge < -0.3 is 20.3 Å². The Balaban J connectivity index is 2.69. The van der Waals surface area contributed by atoms with Crippen molar-refractivity contribution in [2.75, 3.05) is 13.1 Å². The normalized spacial score (nSPS) is 18.0. The number of ether oxygens (including phenoxy) is 1. The van der Waals surface area contributed by atoms with Gasteiger partial charge in [-0.25, -0.2) is 4.79 Å². The molecule has 1 atom stereocenters. The summed E-state index contributed by atoms with van der Waals surface area (Å²) in [6, 6.07) is -0.252. The Morgan fingerprint density at radius 1 is 1.12 bits per heavy atom. The Morgan fingerprint density at radius 3 is 2.00 bits per heavy atom. The van der Waals surface area contributed by atoms with Crippen molar-refractivity contribution in [3.63, 3.8) is 0 Å². The Bertz CT molecular complexity index is 435. The zero-order valence-electron chi connectivity index (χ0n) is 16.3. The Hall–Kier alpha value is -1.30. The molecule has 1 saturated heterocycles. The van der Waals surface area contributed by atoms with E-state index < -0.39 is 11.6 Å². The van der Waals surface area contributed by atoms with E-state index in [9.17, 15) is 9.59 Å². The second kappa shape index (κ2) is 8.19. The number of piperidine rings is 1. The molecule has 0 bridgehead atoms. The fourth-order valence-corrected chi connectivity index (χ4v) is 2.97. The number of carbonyl (C=O) groups is 2. The van der Waals surface area contributed by atoms with E-state index in [0.29, 0.717) is 13.1 Å². The summed E-state index contributed by atoms with van der Waals surface area (Å²) in [6.45, 7) is 14.8. The number of hydrogen-bond acceptors (Lipinski definition) is 4. The molecule has 6 nitrogen and oxygen atoms in total. The first-order chi connectivity index (χ1) is 10.9. The van der Waals surface area contributed by atoms with Crippen LogP contribution in [0.25, 0.3) is 0 Å². The van der Waals surface area contributed by atoms with Crippen molar-refractivity contribution in [3.05, 3.63) is 0 Å². The van der Waals surface area contributed by atoms with Crippen molar-refractivity contribution >= 4 is 12.0 Å². The third kappa shape index (κ3) is 5.65. The molecule has 0 aromatic carbocycles. The van der Waals surface area contributed by atoms with Crippen LogP contribution in [0.5, 0.6) is 0 Å². The highest BCUT2D eigenvalue weighted by molar-refractivity contribution is 5.82. The molecule has 0 aliphatic carbocycles. The molecule has 1 fully saturated rings. The van der Waals surface area contributed by atoms with Gasteiger partial charge >= 0.3 is 6.09 Å². The van der Waals surface area contributed by atoms with E-state index in [-0.39, 0.29) is 30.0 Å². The molecule has 2 amide bonds. The number of hydrogen-bond donors (Lipinski definition) is 1. The maximum Gasteiger partial charge on any atom is 0.410 e. The summed E-state index contributed by atoms with van der Waals surface area (Å²) >= 11 is 0. The molecule has 6 heteroatoms. The van der Waals surface area contributed by atoms with E-state index in [1.54, 1.807) is 4.90 Å². The van der Waals surface area contributed by atoms with Gasteiger partial charge in [-0.05, 0) is 53.4 Å². The summed E-state index contributed by atoms with van der Waals surface area (Å²) in [5.41, 5.74) is 5.59. The lowest BCUT2D eigenvalue weighted by Crippen LogP contribution is -2.56.